The van der Waals surface area contributed by atoms with Crippen molar-refractivity contribution in [2.75, 3.05) is 12.4 Å². The first-order valence-electron chi connectivity index (χ1n) is 5.46. The van der Waals surface area contributed by atoms with Crippen molar-refractivity contribution >= 4 is 12.1 Å². The molecule has 0 aliphatic heterocycles. The van der Waals surface area contributed by atoms with Crippen molar-refractivity contribution in [3.8, 4) is 5.88 Å². The minimum atomic E-state index is 0.562. The van der Waals surface area contributed by atoms with Gasteiger partial charge in [-0.25, -0.2) is 9.97 Å². The Morgan fingerprint density at radius 2 is 2.11 bits per heavy atom. The highest BCUT2D eigenvalue weighted by atomic mass is 16.5. The molecule has 0 aromatic carbocycles. The number of nitrogens with one attached hydrogen (secondary N) is 1. The van der Waals surface area contributed by atoms with E-state index in [0.717, 1.165) is 17.7 Å². The zero-order valence-corrected chi connectivity index (χ0v) is 9.96. The third-order valence-electron chi connectivity index (χ3n) is 2.40. The molecule has 5 heteroatoms. The molecule has 0 aliphatic rings. The Kier molecular flexibility index (Phi) is 3.86. The van der Waals surface area contributed by atoms with Crippen molar-refractivity contribution in [2.24, 2.45) is 0 Å². The van der Waals surface area contributed by atoms with Gasteiger partial charge in [0.15, 0.2) is 6.29 Å². The molecule has 0 atom stereocenters. The largest absolute Gasteiger partial charge is 0.481 e. The van der Waals surface area contributed by atoms with Crippen molar-refractivity contribution in [2.45, 2.75) is 6.54 Å². The van der Waals surface area contributed by atoms with Crippen LogP contribution < -0.4 is 10.1 Å². The van der Waals surface area contributed by atoms with Gasteiger partial charge in [0.05, 0.1) is 7.11 Å². The average Bonchev–Trinajstić information content (AvgIpc) is 2.46. The zero-order chi connectivity index (χ0) is 12.8. The van der Waals surface area contributed by atoms with Crippen LogP contribution >= 0.6 is 0 Å². The molecule has 2 heterocycles. The molecule has 2 rings (SSSR count). The number of pyridine rings is 2. The third kappa shape index (κ3) is 3.04. The molecule has 1 N–H and O–H groups in total. The summed E-state index contributed by atoms with van der Waals surface area (Å²) in [7, 11) is 1.58. The smallest absolute Gasteiger partial charge is 0.212 e. The second-order valence-corrected chi connectivity index (χ2v) is 3.66. The van der Waals surface area contributed by atoms with Crippen molar-refractivity contribution in [3.63, 3.8) is 0 Å². The van der Waals surface area contributed by atoms with Crippen LogP contribution in [0.5, 0.6) is 5.88 Å². The molecule has 0 fully saturated rings. The molecule has 18 heavy (non-hydrogen) atoms. The zero-order valence-electron chi connectivity index (χ0n) is 9.96. The molecule has 0 saturated heterocycles. The molecular weight excluding hydrogens is 230 g/mol. The van der Waals surface area contributed by atoms with E-state index in [0.29, 0.717) is 18.0 Å². The van der Waals surface area contributed by atoms with Crippen LogP contribution in [0.25, 0.3) is 0 Å². The predicted molar refractivity (Wildman–Crippen MR) is 67.7 cm³/mol. The average molecular weight is 243 g/mol. The van der Waals surface area contributed by atoms with Gasteiger partial charge in [-0.1, -0.05) is 6.07 Å². The fraction of sp³-hybridized carbons (Fsp3) is 0.154. The SMILES string of the molecule is COc1ccc(CNc2ccc(C=O)cn2)cn1. The Hall–Kier alpha value is -2.43. The molecule has 0 unspecified atom stereocenters. The van der Waals surface area contributed by atoms with E-state index in [2.05, 4.69) is 15.3 Å². The lowest BCUT2D eigenvalue weighted by Gasteiger charge is -2.06. The normalized spacial score (nSPS) is 9.83. The van der Waals surface area contributed by atoms with Crippen molar-refractivity contribution < 1.29 is 9.53 Å². The second kappa shape index (κ2) is 5.77. The number of methoxy groups -OCH3 is 1. The van der Waals surface area contributed by atoms with Gasteiger partial charge in [-0.3, -0.25) is 4.79 Å². The van der Waals surface area contributed by atoms with Crippen LogP contribution in [-0.4, -0.2) is 23.4 Å². The highest BCUT2D eigenvalue weighted by Gasteiger charge is 1.97. The number of hydrogen-bond donors (Lipinski definition) is 1. The number of aromatic nitrogens is 2. The Morgan fingerprint density at radius 1 is 1.22 bits per heavy atom. The lowest BCUT2D eigenvalue weighted by atomic mass is 10.2. The number of anilines is 1. The molecular formula is C13H13N3O2. The molecule has 92 valence electrons. The van der Waals surface area contributed by atoms with Crippen LogP contribution in [0.2, 0.25) is 0 Å². The standard InChI is InChI=1S/C13H13N3O2/c1-18-13-5-3-10(7-16-13)6-14-12-4-2-11(9-17)8-15-12/h2-5,7-9H,6H2,1H3,(H,14,15). The van der Waals surface area contributed by atoms with Crippen LogP contribution in [0.15, 0.2) is 36.7 Å². The van der Waals surface area contributed by atoms with E-state index in [4.69, 9.17) is 4.74 Å². The van der Waals surface area contributed by atoms with Gasteiger partial charge in [0, 0.05) is 30.6 Å². The quantitative estimate of drug-likeness (QED) is 0.813. The molecule has 0 amide bonds. The Labute approximate surface area is 105 Å². The van der Waals surface area contributed by atoms with Crippen LogP contribution in [0, 0.1) is 0 Å². The highest BCUT2D eigenvalue weighted by Crippen LogP contribution is 2.09. The van der Waals surface area contributed by atoms with Gasteiger partial charge in [0.25, 0.3) is 0 Å². The van der Waals surface area contributed by atoms with Gasteiger partial charge in [-0.2, -0.15) is 0 Å². The number of rotatable bonds is 5. The maximum atomic E-state index is 10.5. The number of carbonyl (C=O) groups excluding carboxylic acids is 1. The van der Waals surface area contributed by atoms with E-state index in [-0.39, 0.29) is 0 Å². The summed E-state index contributed by atoms with van der Waals surface area (Å²) >= 11 is 0. The summed E-state index contributed by atoms with van der Waals surface area (Å²) < 4.78 is 4.98. The van der Waals surface area contributed by atoms with E-state index >= 15 is 0 Å². The van der Waals surface area contributed by atoms with Gasteiger partial charge in [0.1, 0.15) is 5.82 Å². The van der Waals surface area contributed by atoms with Gasteiger partial charge in [-0.15, -0.1) is 0 Å². The van der Waals surface area contributed by atoms with Crippen molar-refractivity contribution in [3.05, 3.63) is 47.8 Å². The Morgan fingerprint density at radius 3 is 2.67 bits per heavy atom. The maximum absolute atomic E-state index is 10.5. The van der Waals surface area contributed by atoms with Crippen LogP contribution in [-0.2, 0) is 6.54 Å². The first-order valence-corrected chi connectivity index (χ1v) is 5.46. The molecule has 0 aliphatic carbocycles. The predicted octanol–water partition coefficient (Wildman–Crippen LogP) is 1.91. The number of carbonyl (C=O) groups is 1. The summed E-state index contributed by atoms with van der Waals surface area (Å²) in [5.74, 6) is 1.31. The van der Waals surface area contributed by atoms with Crippen LogP contribution in [0.1, 0.15) is 15.9 Å². The lowest BCUT2D eigenvalue weighted by molar-refractivity contribution is 0.112. The van der Waals surface area contributed by atoms with Gasteiger partial charge >= 0.3 is 0 Å². The molecule has 2 aromatic rings. The monoisotopic (exact) mass is 243 g/mol. The fourth-order valence-electron chi connectivity index (χ4n) is 1.41. The molecule has 0 spiro atoms. The number of ether oxygens (including phenoxy) is 1. The first kappa shape index (κ1) is 12.0. The highest BCUT2D eigenvalue weighted by molar-refractivity contribution is 5.74. The summed E-state index contributed by atoms with van der Waals surface area (Å²) in [6, 6.07) is 7.22. The summed E-state index contributed by atoms with van der Waals surface area (Å²) in [5, 5.41) is 3.14. The van der Waals surface area contributed by atoms with E-state index in [1.165, 1.54) is 6.20 Å². The fourth-order valence-corrected chi connectivity index (χ4v) is 1.41. The first-order chi connectivity index (χ1) is 8.81. The summed E-state index contributed by atoms with van der Waals surface area (Å²) in [6.07, 6.45) is 4.04. The Balaban J connectivity index is 1.95. The minimum Gasteiger partial charge on any atom is -0.481 e. The number of nitrogens with zero attached hydrogens (tertiary/aromatic N) is 2. The second-order valence-electron chi connectivity index (χ2n) is 3.66. The summed E-state index contributed by atoms with van der Waals surface area (Å²) in [5.41, 5.74) is 1.59. The lowest BCUT2D eigenvalue weighted by Crippen LogP contribution is -2.02. The topological polar surface area (TPSA) is 64.1 Å². The molecule has 5 nitrogen and oxygen atoms in total. The van der Waals surface area contributed by atoms with E-state index in [9.17, 15) is 4.79 Å². The van der Waals surface area contributed by atoms with Crippen molar-refractivity contribution in [1.29, 1.82) is 0 Å². The number of hydrogen-bond acceptors (Lipinski definition) is 5. The third-order valence-corrected chi connectivity index (χ3v) is 2.40. The molecule has 2 aromatic heterocycles. The van der Waals surface area contributed by atoms with Gasteiger partial charge in [0.2, 0.25) is 5.88 Å². The van der Waals surface area contributed by atoms with Crippen LogP contribution in [0.4, 0.5) is 5.82 Å². The van der Waals surface area contributed by atoms with E-state index in [1.807, 2.05) is 6.07 Å². The Bertz CT molecular complexity index is 509. The maximum Gasteiger partial charge on any atom is 0.212 e. The molecule has 0 bridgehead atoms. The van der Waals surface area contributed by atoms with E-state index in [1.54, 1.807) is 31.5 Å². The number of aldehydes is 1. The van der Waals surface area contributed by atoms with Gasteiger partial charge in [-0.05, 0) is 17.7 Å². The molecule has 0 saturated carbocycles. The minimum absolute atomic E-state index is 0.562. The molecule has 0 radical (unpaired) electrons. The van der Waals surface area contributed by atoms with E-state index < -0.39 is 0 Å². The van der Waals surface area contributed by atoms with Crippen LogP contribution in [0.3, 0.4) is 0 Å². The summed E-state index contributed by atoms with van der Waals surface area (Å²) in [6.45, 7) is 0.616. The summed E-state index contributed by atoms with van der Waals surface area (Å²) in [4.78, 5) is 18.7. The van der Waals surface area contributed by atoms with Gasteiger partial charge < -0.3 is 10.1 Å². The van der Waals surface area contributed by atoms with Crippen molar-refractivity contribution in [1.82, 2.24) is 9.97 Å².